The fraction of sp³-hybridized carbons (Fsp3) is 0.400. The Labute approximate surface area is 152 Å². The van der Waals surface area contributed by atoms with Gasteiger partial charge in [0.25, 0.3) is 0 Å². The molecule has 1 aliphatic heterocycles. The number of benzene rings is 1. The molecule has 0 bridgehead atoms. The lowest BCUT2D eigenvalue weighted by molar-refractivity contribution is -0.143. The average Bonchev–Trinajstić information content (AvgIpc) is 3.18. The minimum absolute atomic E-state index is 0.160. The van der Waals surface area contributed by atoms with Crippen molar-refractivity contribution < 1.29 is 23.8 Å². The Morgan fingerprint density at radius 1 is 1.00 bits per heavy atom. The highest BCUT2D eigenvalue weighted by Gasteiger charge is 2.27. The summed E-state index contributed by atoms with van der Waals surface area (Å²) in [5.74, 6) is 0.117. The summed E-state index contributed by atoms with van der Waals surface area (Å²) in [5.41, 5.74) is 5.04. The minimum Gasteiger partial charge on any atom is -0.497 e. The Morgan fingerprint density at radius 3 is 2.19 bits per heavy atom. The van der Waals surface area contributed by atoms with Crippen molar-refractivity contribution in [1.82, 2.24) is 4.57 Å². The maximum absolute atomic E-state index is 11.4. The summed E-state index contributed by atoms with van der Waals surface area (Å²) in [7, 11) is 1.63. The number of aromatic nitrogens is 1. The van der Waals surface area contributed by atoms with Gasteiger partial charge in [0.2, 0.25) is 0 Å². The lowest BCUT2D eigenvalue weighted by Crippen LogP contribution is -2.06. The molecule has 2 aromatic rings. The van der Waals surface area contributed by atoms with Gasteiger partial charge in [-0.25, -0.2) is 0 Å². The van der Waals surface area contributed by atoms with E-state index in [9.17, 15) is 9.59 Å². The monoisotopic (exact) mass is 357 g/mol. The van der Waals surface area contributed by atoms with Crippen molar-refractivity contribution in [3.8, 4) is 17.0 Å². The molecule has 3 rings (SSSR count). The van der Waals surface area contributed by atoms with Crippen LogP contribution in [0, 0.1) is 0 Å². The molecule has 1 aromatic carbocycles. The van der Waals surface area contributed by atoms with Gasteiger partial charge in [-0.05, 0) is 42.7 Å². The van der Waals surface area contributed by atoms with E-state index >= 15 is 0 Å². The van der Waals surface area contributed by atoms with E-state index in [-0.39, 0.29) is 25.2 Å². The van der Waals surface area contributed by atoms with Crippen LogP contribution in [0.2, 0.25) is 0 Å². The fourth-order valence-electron chi connectivity index (χ4n) is 3.47. The third-order valence-electron chi connectivity index (χ3n) is 4.59. The Bertz CT molecular complexity index is 820. The van der Waals surface area contributed by atoms with Gasteiger partial charge in [-0.15, -0.1) is 0 Å². The van der Waals surface area contributed by atoms with E-state index in [1.807, 2.05) is 24.3 Å². The fourth-order valence-corrected chi connectivity index (χ4v) is 3.47. The first-order chi connectivity index (χ1) is 12.5. The van der Waals surface area contributed by atoms with E-state index in [1.165, 1.54) is 13.8 Å². The Morgan fingerprint density at radius 2 is 1.62 bits per heavy atom. The number of carbonyl (C=O) groups is 2. The van der Waals surface area contributed by atoms with Crippen molar-refractivity contribution in [1.29, 1.82) is 0 Å². The third-order valence-corrected chi connectivity index (χ3v) is 4.59. The molecular weight excluding hydrogens is 334 g/mol. The van der Waals surface area contributed by atoms with Crippen LogP contribution in [0.25, 0.3) is 11.3 Å². The van der Waals surface area contributed by atoms with Crippen LogP contribution >= 0.6 is 0 Å². The van der Waals surface area contributed by atoms with Gasteiger partial charge in [0.15, 0.2) is 0 Å². The SMILES string of the molecule is COc1ccc(-c2c(COC(C)=O)c(COC(C)=O)c3n2CCC3)cc1. The molecule has 0 saturated heterocycles. The molecule has 1 aliphatic rings. The number of carbonyl (C=O) groups excluding carboxylic acids is 2. The number of hydrogen-bond acceptors (Lipinski definition) is 5. The molecule has 0 N–H and O–H groups in total. The second-order valence-corrected chi connectivity index (χ2v) is 6.30. The number of ether oxygens (including phenoxy) is 3. The van der Waals surface area contributed by atoms with Crippen LogP contribution in [0.4, 0.5) is 0 Å². The quantitative estimate of drug-likeness (QED) is 0.743. The second-order valence-electron chi connectivity index (χ2n) is 6.30. The van der Waals surface area contributed by atoms with E-state index in [4.69, 9.17) is 14.2 Å². The number of rotatable bonds is 6. The number of esters is 2. The predicted molar refractivity (Wildman–Crippen MR) is 95.7 cm³/mol. The van der Waals surface area contributed by atoms with Crippen LogP contribution in [-0.2, 0) is 45.2 Å². The van der Waals surface area contributed by atoms with E-state index in [0.717, 1.165) is 53.2 Å². The van der Waals surface area contributed by atoms with Crippen molar-refractivity contribution in [2.75, 3.05) is 7.11 Å². The van der Waals surface area contributed by atoms with Crippen LogP contribution in [0.5, 0.6) is 5.75 Å². The number of nitrogens with zero attached hydrogens (tertiary/aromatic N) is 1. The van der Waals surface area contributed by atoms with E-state index in [0.29, 0.717) is 0 Å². The van der Waals surface area contributed by atoms with Gasteiger partial charge in [0.05, 0.1) is 12.8 Å². The zero-order valence-corrected chi connectivity index (χ0v) is 15.3. The average molecular weight is 357 g/mol. The maximum atomic E-state index is 11.4. The largest absolute Gasteiger partial charge is 0.497 e. The first-order valence-corrected chi connectivity index (χ1v) is 8.65. The Hall–Kier alpha value is -2.76. The molecule has 138 valence electrons. The molecule has 0 unspecified atom stereocenters. The highest BCUT2D eigenvalue weighted by Crippen LogP contribution is 2.37. The second kappa shape index (κ2) is 7.64. The molecule has 26 heavy (non-hydrogen) atoms. The van der Waals surface area contributed by atoms with Crippen molar-refractivity contribution in [2.24, 2.45) is 0 Å². The van der Waals surface area contributed by atoms with E-state index in [1.54, 1.807) is 7.11 Å². The summed E-state index contributed by atoms with van der Waals surface area (Å²) >= 11 is 0. The van der Waals surface area contributed by atoms with Gasteiger partial charge < -0.3 is 18.8 Å². The summed E-state index contributed by atoms with van der Waals surface area (Å²) < 4.78 is 18.1. The first-order valence-electron chi connectivity index (χ1n) is 8.65. The van der Waals surface area contributed by atoms with Gasteiger partial charge in [-0.3, -0.25) is 9.59 Å². The summed E-state index contributed by atoms with van der Waals surface area (Å²) in [6.45, 7) is 4.03. The third kappa shape index (κ3) is 3.59. The summed E-state index contributed by atoms with van der Waals surface area (Å²) in [4.78, 5) is 22.7. The Balaban J connectivity index is 2.09. The molecule has 1 aromatic heterocycles. The van der Waals surface area contributed by atoms with Gasteiger partial charge in [0.1, 0.15) is 19.0 Å². The van der Waals surface area contributed by atoms with Crippen molar-refractivity contribution in [3.63, 3.8) is 0 Å². The van der Waals surface area contributed by atoms with Crippen LogP contribution in [0.15, 0.2) is 24.3 Å². The highest BCUT2D eigenvalue weighted by molar-refractivity contribution is 5.71. The number of methoxy groups -OCH3 is 1. The smallest absolute Gasteiger partial charge is 0.302 e. The zero-order chi connectivity index (χ0) is 18.7. The standard InChI is InChI=1S/C20H23NO5/c1-13(22)25-11-17-18(12-26-14(2)23)20(21-10-4-5-19(17)21)15-6-8-16(24-3)9-7-15/h6-9H,4-5,10-12H2,1-3H3. The highest BCUT2D eigenvalue weighted by atomic mass is 16.5. The van der Waals surface area contributed by atoms with Gasteiger partial charge in [-0.1, -0.05) is 0 Å². The van der Waals surface area contributed by atoms with Crippen LogP contribution < -0.4 is 4.74 Å². The van der Waals surface area contributed by atoms with Crippen LogP contribution in [-0.4, -0.2) is 23.6 Å². The minimum atomic E-state index is -0.338. The molecule has 0 aliphatic carbocycles. The molecule has 0 saturated carbocycles. The summed E-state index contributed by atoms with van der Waals surface area (Å²) in [6.07, 6.45) is 1.96. The van der Waals surface area contributed by atoms with Crippen molar-refractivity contribution in [2.45, 2.75) is 46.4 Å². The molecule has 2 heterocycles. The summed E-state index contributed by atoms with van der Waals surface area (Å²) in [6, 6.07) is 7.80. The van der Waals surface area contributed by atoms with Crippen molar-refractivity contribution >= 4 is 11.9 Å². The Kier molecular flexibility index (Phi) is 5.30. The molecule has 0 spiro atoms. The van der Waals surface area contributed by atoms with Crippen molar-refractivity contribution in [3.05, 3.63) is 41.1 Å². The lowest BCUT2D eigenvalue weighted by Gasteiger charge is -2.12. The molecule has 0 radical (unpaired) electrons. The number of fused-ring (bicyclic) bond motifs is 1. The van der Waals surface area contributed by atoms with E-state index < -0.39 is 0 Å². The topological polar surface area (TPSA) is 66.8 Å². The van der Waals surface area contributed by atoms with Gasteiger partial charge in [-0.2, -0.15) is 0 Å². The molecule has 0 amide bonds. The summed E-state index contributed by atoms with van der Waals surface area (Å²) in [5, 5.41) is 0. The molecule has 0 atom stereocenters. The van der Waals surface area contributed by atoms with Crippen LogP contribution in [0.1, 0.15) is 37.1 Å². The predicted octanol–water partition coefficient (Wildman–Crippen LogP) is 3.24. The molecule has 0 fully saturated rings. The molecule has 6 heteroatoms. The lowest BCUT2D eigenvalue weighted by atomic mass is 10.0. The number of hydrogen-bond donors (Lipinski definition) is 0. The maximum Gasteiger partial charge on any atom is 0.302 e. The first kappa shape index (κ1) is 18.0. The molecule has 6 nitrogen and oxygen atoms in total. The molecular formula is C20H23NO5. The van der Waals surface area contributed by atoms with E-state index in [2.05, 4.69) is 4.57 Å². The van der Waals surface area contributed by atoms with Gasteiger partial charge >= 0.3 is 11.9 Å². The van der Waals surface area contributed by atoms with Gasteiger partial charge in [0, 0.05) is 37.2 Å². The normalized spacial score (nSPS) is 12.6. The zero-order valence-electron chi connectivity index (χ0n) is 15.3. The van der Waals surface area contributed by atoms with Crippen LogP contribution in [0.3, 0.4) is 0 Å².